The average Bonchev–Trinajstić information content (AvgIpc) is 0.939. The molecule has 0 aromatic heterocycles. The molecule has 0 spiro atoms. The van der Waals surface area contributed by atoms with Gasteiger partial charge in [0, 0.05) is 25.7 Å². The van der Waals surface area contributed by atoms with Crippen molar-refractivity contribution in [1.82, 2.24) is 0 Å². The molecule has 17 nitrogen and oxygen atoms in total. The molecule has 5 atom stereocenters. The highest BCUT2D eigenvalue weighted by Gasteiger charge is 2.30. The van der Waals surface area contributed by atoms with E-state index in [1.165, 1.54) is 218 Å². The Morgan fingerprint density at radius 1 is 0.301 bits per heavy atom. The third-order valence-corrected chi connectivity index (χ3v) is 21.0. The maximum atomic E-state index is 13.1. The smallest absolute Gasteiger partial charge is 0.462 e. The Bertz CT molecular complexity index is 2070. The van der Waals surface area contributed by atoms with Gasteiger partial charge in [-0.1, -0.05) is 368 Å². The standard InChI is InChI=1S/C84H160O17P2/c1-7-9-11-13-15-17-19-21-23-26-31-34-38-42-48-54-60-66-81(86)94-72-79(100-83(88)69-63-57-50-44-40-36-32-28-25-24-27-30-33-37-41-46-52-58-64-76(3)4)74-98-102(90,91)96-70-78(85)71-97-103(92,93)99-75-80(73-95-82(87)67-61-55-51-45-47-53-59-65-77(5)6)101-84(89)68-62-56-49-43-39-35-29-22-20-18-16-14-12-10-8-2/h18,20,22,29,76-80,85H,7-17,19,21,23-28,30-75H2,1-6H3,(H,90,91)(H,92,93)/b20-18-,29-22-/t78-,79-,80-/m1/s1. The van der Waals surface area contributed by atoms with E-state index in [-0.39, 0.29) is 25.7 Å². The number of ether oxygens (including phenoxy) is 4. The second kappa shape index (κ2) is 75.0. The number of esters is 4. The van der Waals surface area contributed by atoms with E-state index in [9.17, 15) is 43.2 Å². The maximum Gasteiger partial charge on any atom is 0.472 e. The first kappa shape index (κ1) is 101. The van der Waals surface area contributed by atoms with Crippen molar-refractivity contribution in [3.05, 3.63) is 24.3 Å². The van der Waals surface area contributed by atoms with Crippen LogP contribution in [0.1, 0.15) is 420 Å². The lowest BCUT2D eigenvalue weighted by Gasteiger charge is -2.21. The van der Waals surface area contributed by atoms with Gasteiger partial charge in [-0.25, -0.2) is 9.13 Å². The molecule has 0 fully saturated rings. The number of carbonyl (C=O) groups excluding carboxylic acids is 4. The summed E-state index contributed by atoms with van der Waals surface area (Å²) in [5, 5.41) is 10.7. The molecule has 0 saturated carbocycles. The van der Waals surface area contributed by atoms with Crippen LogP contribution in [0.3, 0.4) is 0 Å². The summed E-state index contributed by atoms with van der Waals surface area (Å²) >= 11 is 0. The summed E-state index contributed by atoms with van der Waals surface area (Å²) in [5.74, 6) is -0.616. The van der Waals surface area contributed by atoms with Gasteiger partial charge in [0.25, 0.3) is 0 Å². The van der Waals surface area contributed by atoms with Crippen LogP contribution in [-0.2, 0) is 65.4 Å². The van der Waals surface area contributed by atoms with Gasteiger partial charge in [-0.2, -0.15) is 0 Å². The molecule has 0 aromatic carbocycles. The molecule has 0 amide bonds. The number of allylic oxidation sites excluding steroid dienone is 4. The van der Waals surface area contributed by atoms with Crippen LogP contribution in [-0.4, -0.2) is 96.7 Å². The molecule has 3 N–H and O–H groups in total. The average molecular weight is 1500 g/mol. The summed E-state index contributed by atoms with van der Waals surface area (Å²) in [6.07, 6.45) is 69.0. The normalized spacial score (nSPS) is 14.0. The quantitative estimate of drug-likeness (QED) is 0.0169. The predicted octanol–water partition coefficient (Wildman–Crippen LogP) is 25.0. The zero-order valence-electron chi connectivity index (χ0n) is 67.1. The number of carbonyl (C=O) groups is 4. The number of phosphoric acid groups is 2. The van der Waals surface area contributed by atoms with Crippen molar-refractivity contribution in [2.45, 2.75) is 439 Å². The van der Waals surface area contributed by atoms with Crippen molar-refractivity contribution in [1.29, 1.82) is 0 Å². The van der Waals surface area contributed by atoms with Crippen LogP contribution in [0.5, 0.6) is 0 Å². The van der Waals surface area contributed by atoms with E-state index < -0.39 is 97.5 Å². The van der Waals surface area contributed by atoms with Crippen LogP contribution in [0.4, 0.5) is 0 Å². The van der Waals surface area contributed by atoms with Crippen LogP contribution in [0.15, 0.2) is 24.3 Å². The van der Waals surface area contributed by atoms with Crippen LogP contribution < -0.4 is 0 Å². The number of unbranched alkanes of at least 4 members (excludes halogenated alkanes) is 48. The second-order valence-corrected chi connectivity index (χ2v) is 33.4. The fourth-order valence-corrected chi connectivity index (χ4v) is 14.1. The van der Waals surface area contributed by atoms with Crippen molar-refractivity contribution in [2.24, 2.45) is 11.8 Å². The van der Waals surface area contributed by atoms with Crippen LogP contribution in [0.2, 0.25) is 0 Å². The van der Waals surface area contributed by atoms with E-state index in [1.54, 1.807) is 0 Å². The molecule has 103 heavy (non-hydrogen) atoms. The zero-order chi connectivity index (χ0) is 75.6. The summed E-state index contributed by atoms with van der Waals surface area (Å²) in [6, 6.07) is 0. The molecule has 0 rings (SSSR count). The van der Waals surface area contributed by atoms with E-state index in [0.29, 0.717) is 31.6 Å². The van der Waals surface area contributed by atoms with Crippen molar-refractivity contribution in [2.75, 3.05) is 39.6 Å². The Kier molecular flexibility index (Phi) is 73.2. The number of rotatable bonds is 81. The van der Waals surface area contributed by atoms with Gasteiger partial charge in [0.2, 0.25) is 0 Å². The number of aliphatic hydroxyl groups is 1. The van der Waals surface area contributed by atoms with E-state index in [2.05, 4.69) is 65.8 Å². The molecule has 0 aliphatic heterocycles. The van der Waals surface area contributed by atoms with Gasteiger partial charge in [-0.15, -0.1) is 0 Å². The van der Waals surface area contributed by atoms with Crippen molar-refractivity contribution in [3.63, 3.8) is 0 Å². The molecule has 0 aliphatic rings. The minimum absolute atomic E-state index is 0.0845. The minimum atomic E-state index is -4.97. The number of aliphatic hydroxyl groups excluding tert-OH is 1. The Hall–Kier alpha value is -2.46. The van der Waals surface area contributed by atoms with E-state index in [1.807, 2.05) is 0 Å². The van der Waals surface area contributed by atoms with Gasteiger partial charge in [0.05, 0.1) is 26.4 Å². The summed E-state index contributed by atoms with van der Waals surface area (Å²) in [4.78, 5) is 73.1. The topological polar surface area (TPSA) is 237 Å². The highest BCUT2D eigenvalue weighted by molar-refractivity contribution is 7.47. The van der Waals surface area contributed by atoms with Gasteiger partial charge in [-0.3, -0.25) is 37.3 Å². The van der Waals surface area contributed by atoms with Gasteiger partial charge >= 0.3 is 39.5 Å². The Morgan fingerprint density at radius 3 is 0.796 bits per heavy atom. The SMILES string of the molecule is CCCCCC/C=C\C=C/CCCCCCCC(=O)O[C@H](COC(=O)CCCCCCCCCC(C)C)COP(=O)(O)OC[C@H](O)COP(=O)(O)OC[C@@H](COC(=O)CCCCCCCCCCCCCCCCCCC)OC(=O)CCCCCCCCCCCCCCCCCCCCC(C)C. The Balaban J connectivity index is 5.26. The van der Waals surface area contributed by atoms with Gasteiger partial charge < -0.3 is 33.8 Å². The molecule has 0 aromatic rings. The first-order chi connectivity index (χ1) is 49.9. The molecular formula is C84H160O17P2. The molecule has 608 valence electrons. The molecule has 2 unspecified atom stereocenters. The maximum absolute atomic E-state index is 13.1. The lowest BCUT2D eigenvalue weighted by molar-refractivity contribution is -0.161. The van der Waals surface area contributed by atoms with E-state index >= 15 is 0 Å². The monoisotopic (exact) mass is 1500 g/mol. The largest absolute Gasteiger partial charge is 0.472 e. The lowest BCUT2D eigenvalue weighted by atomic mass is 10.0. The predicted molar refractivity (Wildman–Crippen MR) is 423 cm³/mol. The Morgan fingerprint density at radius 2 is 0.524 bits per heavy atom. The van der Waals surface area contributed by atoms with Crippen LogP contribution in [0, 0.1) is 11.8 Å². The molecule has 0 radical (unpaired) electrons. The molecular weight excluding hydrogens is 1340 g/mol. The molecule has 0 heterocycles. The number of hydrogen-bond donors (Lipinski definition) is 3. The van der Waals surface area contributed by atoms with Crippen molar-refractivity contribution in [3.8, 4) is 0 Å². The third-order valence-electron chi connectivity index (χ3n) is 19.1. The lowest BCUT2D eigenvalue weighted by Crippen LogP contribution is -2.30. The molecule has 19 heteroatoms. The minimum Gasteiger partial charge on any atom is -0.462 e. The molecule has 0 aliphatic carbocycles. The van der Waals surface area contributed by atoms with Crippen molar-refractivity contribution >= 4 is 39.5 Å². The highest BCUT2D eigenvalue weighted by Crippen LogP contribution is 2.45. The van der Waals surface area contributed by atoms with E-state index in [4.69, 9.17) is 37.0 Å². The number of hydrogen-bond acceptors (Lipinski definition) is 15. The summed E-state index contributed by atoms with van der Waals surface area (Å²) in [5.41, 5.74) is 0. The second-order valence-electron chi connectivity index (χ2n) is 30.5. The summed E-state index contributed by atoms with van der Waals surface area (Å²) in [6.45, 7) is 9.56. The Labute approximate surface area is 631 Å². The van der Waals surface area contributed by atoms with Crippen molar-refractivity contribution < 1.29 is 80.2 Å². The van der Waals surface area contributed by atoms with Crippen LogP contribution >= 0.6 is 15.6 Å². The van der Waals surface area contributed by atoms with Gasteiger partial charge in [0.1, 0.15) is 19.3 Å². The fourth-order valence-electron chi connectivity index (χ4n) is 12.5. The first-order valence-corrected chi connectivity index (χ1v) is 45.8. The van der Waals surface area contributed by atoms with E-state index in [0.717, 1.165) is 115 Å². The van der Waals surface area contributed by atoms with Crippen LogP contribution in [0.25, 0.3) is 0 Å². The molecule has 0 bridgehead atoms. The number of phosphoric ester groups is 2. The third kappa shape index (κ3) is 77.5. The zero-order valence-corrected chi connectivity index (χ0v) is 68.9. The fraction of sp³-hybridized carbons (Fsp3) is 0.905. The highest BCUT2D eigenvalue weighted by atomic mass is 31.2. The molecule has 0 saturated heterocycles. The van der Waals surface area contributed by atoms with Gasteiger partial charge in [0.15, 0.2) is 12.2 Å². The van der Waals surface area contributed by atoms with Gasteiger partial charge in [-0.05, 0) is 63.2 Å². The first-order valence-electron chi connectivity index (χ1n) is 42.8. The summed E-state index contributed by atoms with van der Waals surface area (Å²) < 4.78 is 68.7. The summed E-state index contributed by atoms with van der Waals surface area (Å²) in [7, 11) is -9.94.